The van der Waals surface area contributed by atoms with Gasteiger partial charge in [0.05, 0.1) is 0 Å². The highest BCUT2D eigenvalue weighted by atomic mass is 32.1. The standard InChI is InChI=1S/C9H4F4S/c10-5-1-4-2-7(11)14-8(4)6(3-5)9(12)13/h1-3,9H. The van der Waals surface area contributed by atoms with Gasteiger partial charge in [0.1, 0.15) is 5.82 Å². The minimum Gasteiger partial charge on any atom is -0.207 e. The van der Waals surface area contributed by atoms with Gasteiger partial charge in [-0.3, -0.25) is 0 Å². The first kappa shape index (κ1) is 9.45. The summed E-state index contributed by atoms with van der Waals surface area (Å²) in [7, 11) is 0. The van der Waals surface area contributed by atoms with E-state index in [1.165, 1.54) is 0 Å². The van der Waals surface area contributed by atoms with E-state index in [4.69, 9.17) is 0 Å². The Bertz CT molecular complexity index is 475. The maximum absolute atomic E-state index is 12.8. The lowest BCUT2D eigenvalue weighted by Crippen LogP contribution is -1.86. The van der Waals surface area contributed by atoms with Crippen LogP contribution in [0.4, 0.5) is 17.6 Å². The molecule has 0 nitrogen and oxygen atoms in total. The van der Waals surface area contributed by atoms with E-state index in [9.17, 15) is 17.6 Å². The lowest BCUT2D eigenvalue weighted by atomic mass is 10.1. The summed E-state index contributed by atoms with van der Waals surface area (Å²) in [5, 5.41) is -0.407. The lowest BCUT2D eigenvalue weighted by Gasteiger charge is -2.00. The number of alkyl halides is 2. The molecule has 1 aromatic heterocycles. The van der Waals surface area contributed by atoms with Crippen molar-refractivity contribution in [3.63, 3.8) is 0 Å². The van der Waals surface area contributed by atoms with Crippen LogP contribution < -0.4 is 0 Å². The van der Waals surface area contributed by atoms with Gasteiger partial charge >= 0.3 is 0 Å². The quantitative estimate of drug-likeness (QED) is 0.634. The molecular formula is C9H4F4S. The fourth-order valence-electron chi connectivity index (χ4n) is 1.27. The molecule has 2 rings (SSSR count). The highest BCUT2D eigenvalue weighted by molar-refractivity contribution is 7.17. The van der Waals surface area contributed by atoms with Crippen LogP contribution in [-0.2, 0) is 0 Å². The van der Waals surface area contributed by atoms with Gasteiger partial charge in [-0.15, -0.1) is 11.3 Å². The number of hydrogen-bond acceptors (Lipinski definition) is 1. The van der Waals surface area contributed by atoms with Crippen molar-refractivity contribution in [2.24, 2.45) is 0 Å². The zero-order chi connectivity index (χ0) is 10.3. The second-order valence-corrected chi connectivity index (χ2v) is 3.77. The van der Waals surface area contributed by atoms with Gasteiger partial charge in [-0.1, -0.05) is 0 Å². The van der Waals surface area contributed by atoms with Gasteiger partial charge in [-0.2, -0.15) is 4.39 Å². The molecule has 74 valence electrons. The van der Waals surface area contributed by atoms with Gasteiger partial charge in [0, 0.05) is 10.3 Å². The molecule has 0 unspecified atom stereocenters. The first-order valence-electron chi connectivity index (χ1n) is 3.74. The van der Waals surface area contributed by atoms with Crippen LogP contribution in [0.3, 0.4) is 0 Å². The van der Waals surface area contributed by atoms with Crippen LogP contribution in [0.25, 0.3) is 10.1 Å². The molecule has 0 N–H and O–H groups in total. The highest BCUT2D eigenvalue weighted by Gasteiger charge is 2.15. The molecule has 1 aromatic carbocycles. The molecule has 0 aliphatic rings. The summed E-state index contributed by atoms with van der Waals surface area (Å²) < 4.78 is 50.5. The first-order valence-corrected chi connectivity index (χ1v) is 4.56. The smallest absolute Gasteiger partial charge is 0.207 e. The van der Waals surface area contributed by atoms with Crippen LogP contribution in [0.2, 0.25) is 0 Å². The van der Waals surface area contributed by atoms with Crippen molar-refractivity contribution in [2.45, 2.75) is 6.43 Å². The number of thiophene rings is 1. The molecule has 0 fully saturated rings. The van der Waals surface area contributed by atoms with Crippen LogP contribution >= 0.6 is 11.3 Å². The number of fused-ring (bicyclic) bond motifs is 1. The summed E-state index contributed by atoms with van der Waals surface area (Å²) in [5.41, 5.74) is -0.450. The van der Waals surface area contributed by atoms with Crippen LogP contribution in [0, 0.1) is 10.9 Å². The molecule has 2 aromatic rings. The fraction of sp³-hybridized carbons (Fsp3) is 0.111. The molecule has 0 bridgehead atoms. The minimum atomic E-state index is -2.79. The molecule has 5 heteroatoms. The molecule has 0 aliphatic carbocycles. The second kappa shape index (κ2) is 3.24. The van der Waals surface area contributed by atoms with Crippen molar-refractivity contribution < 1.29 is 17.6 Å². The minimum absolute atomic E-state index is 0.110. The second-order valence-electron chi connectivity index (χ2n) is 2.76. The van der Waals surface area contributed by atoms with Gasteiger partial charge in [-0.05, 0) is 23.6 Å². The summed E-state index contributed by atoms with van der Waals surface area (Å²) in [6.07, 6.45) is -2.79. The Balaban J connectivity index is 2.79. The SMILES string of the molecule is Fc1cc(C(F)F)c2sc(F)cc2c1. The molecule has 0 radical (unpaired) electrons. The summed E-state index contributed by atoms with van der Waals surface area (Å²) in [6, 6.07) is 2.83. The summed E-state index contributed by atoms with van der Waals surface area (Å²) in [6.45, 7) is 0. The summed E-state index contributed by atoms with van der Waals surface area (Å²) in [5.74, 6) is -0.773. The Kier molecular flexibility index (Phi) is 2.19. The van der Waals surface area contributed by atoms with Crippen LogP contribution in [0.5, 0.6) is 0 Å². The monoisotopic (exact) mass is 220 g/mol. The third-order valence-electron chi connectivity index (χ3n) is 1.81. The Hall–Kier alpha value is -1.10. The van der Waals surface area contributed by atoms with Crippen LogP contribution in [-0.4, -0.2) is 0 Å². The molecule has 14 heavy (non-hydrogen) atoms. The maximum atomic E-state index is 12.8. The zero-order valence-electron chi connectivity index (χ0n) is 6.73. The average Bonchev–Trinajstić information content (AvgIpc) is 2.42. The first-order chi connectivity index (χ1) is 6.58. The van der Waals surface area contributed by atoms with E-state index in [0.717, 1.165) is 18.2 Å². The van der Waals surface area contributed by atoms with Crippen molar-refractivity contribution in [2.75, 3.05) is 0 Å². The van der Waals surface area contributed by atoms with Crippen LogP contribution in [0.1, 0.15) is 12.0 Å². The molecule has 0 saturated carbocycles. The van der Waals surface area contributed by atoms with E-state index in [1.54, 1.807) is 0 Å². The molecule has 0 saturated heterocycles. The van der Waals surface area contributed by atoms with Gasteiger partial charge in [0.15, 0.2) is 5.13 Å². The van der Waals surface area contributed by atoms with E-state index in [-0.39, 0.29) is 10.1 Å². The molecule has 0 aliphatic heterocycles. The zero-order valence-corrected chi connectivity index (χ0v) is 7.55. The molecule has 0 atom stereocenters. The number of hydrogen-bond donors (Lipinski definition) is 0. The third-order valence-corrected chi connectivity index (χ3v) is 2.80. The summed E-state index contributed by atoms with van der Waals surface area (Å²) in [4.78, 5) is 0. The number of rotatable bonds is 1. The van der Waals surface area contributed by atoms with E-state index in [2.05, 4.69) is 0 Å². The Morgan fingerprint density at radius 3 is 2.43 bits per heavy atom. The normalized spacial score (nSPS) is 11.5. The lowest BCUT2D eigenvalue weighted by molar-refractivity contribution is 0.153. The van der Waals surface area contributed by atoms with Crippen molar-refractivity contribution in [3.05, 3.63) is 34.7 Å². The molecule has 0 amide bonds. The van der Waals surface area contributed by atoms with Crippen molar-refractivity contribution in [3.8, 4) is 0 Å². The van der Waals surface area contributed by atoms with Gasteiger partial charge in [0.25, 0.3) is 6.43 Å². The molecular weight excluding hydrogens is 216 g/mol. The van der Waals surface area contributed by atoms with Gasteiger partial charge in [-0.25, -0.2) is 13.2 Å². The van der Waals surface area contributed by atoms with Crippen LogP contribution in [0.15, 0.2) is 18.2 Å². The van der Waals surface area contributed by atoms with Gasteiger partial charge in [0.2, 0.25) is 0 Å². The Morgan fingerprint density at radius 1 is 1.07 bits per heavy atom. The van der Waals surface area contributed by atoms with E-state index >= 15 is 0 Å². The number of halogens is 4. The topological polar surface area (TPSA) is 0 Å². The van der Waals surface area contributed by atoms with Crippen molar-refractivity contribution >= 4 is 21.4 Å². The Morgan fingerprint density at radius 2 is 1.79 bits per heavy atom. The predicted molar refractivity (Wildman–Crippen MR) is 46.7 cm³/mol. The van der Waals surface area contributed by atoms with E-state index in [0.29, 0.717) is 11.3 Å². The molecule has 0 spiro atoms. The largest absolute Gasteiger partial charge is 0.265 e. The maximum Gasteiger partial charge on any atom is 0.265 e. The third kappa shape index (κ3) is 1.48. The summed E-state index contributed by atoms with van der Waals surface area (Å²) >= 11 is 0.602. The number of benzene rings is 1. The predicted octanol–water partition coefficient (Wildman–Crippen LogP) is 4.12. The van der Waals surface area contributed by atoms with Crippen molar-refractivity contribution in [1.82, 2.24) is 0 Å². The van der Waals surface area contributed by atoms with E-state index in [1.807, 2.05) is 0 Å². The van der Waals surface area contributed by atoms with E-state index < -0.39 is 22.9 Å². The van der Waals surface area contributed by atoms with Gasteiger partial charge < -0.3 is 0 Å². The highest BCUT2D eigenvalue weighted by Crippen LogP contribution is 2.34. The van der Waals surface area contributed by atoms with Crippen molar-refractivity contribution in [1.29, 1.82) is 0 Å². The fourth-order valence-corrected chi connectivity index (χ4v) is 2.16. The average molecular weight is 220 g/mol. The Labute approximate surface area is 80.8 Å². The molecule has 1 heterocycles.